The normalized spacial score (nSPS) is 18.2. The second-order valence-corrected chi connectivity index (χ2v) is 14.9. The van der Waals surface area contributed by atoms with E-state index in [1.165, 1.54) is 0 Å². The maximum atomic E-state index is 13.1. The molecule has 5 heterocycles. The maximum absolute atomic E-state index is 13.1. The van der Waals surface area contributed by atoms with Gasteiger partial charge in [-0.15, -0.1) is 0 Å². The Balaban J connectivity index is 1.14. The Hall–Kier alpha value is -5.23. The summed E-state index contributed by atoms with van der Waals surface area (Å²) in [5, 5.41) is 15.5. The summed E-state index contributed by atoms with van der Waals surface area (Å²) < 4.78 is 11.1. The number of hydrogen-bond acceptors (Lipinski definition) is 9. The van der Waals surface area contributed by atoms with Crippen LogP contribution < -0.4 is 21.3 Å². The van der Waals surface area contributed by atoms with Crippen molar-refractivity contribution in [3.63, 3.8) is 0 Å². The first-order chi connectivity index (χ1) is 25.2. The lowest BCUT2D eigenvalue weighted by molar-refractivity contribution is 0.0492. The molecule has 0 radical (unpaired) electrons. The molecule has 12 heteroatoms. The summed E-state index contributed by atoms with van der Waals surface area (Å²) in [6.07, 6.45) is 14.2. The minimum absolute atomic E-state index is 0.0811. The molecular weight excluding hydrogens is 656 g/mol. The zero-order valence-electron chi connectivity index (χ0n) is 30.1. The first-order valence-corrected chi connectivity index (χ1v) is 18.3. The average molecular weight is 705 g/mol. The van der Waals surface area contributed by atoms with E-state index < -0.39 is 5.60 Å². The van der Waals surface area contributed by atoms with Crippen LogP contribution in [0.5, 0.6) is 0 Å². The Kier molecular flexibility index (Phi) is 10.5. The summed E-state index contributed by atoms with van der Waals surface area (Å²) in [7, 11) is 0. The van der Waals surface area contributed by atoms with Crippen LogP contribution in [0.2, 0.25) is 0 Å². The van der Waals surface area contributed by atoms with Gasteiger partial charge < -0.3 is 35.7 Å². The van der Waals surface area contributed by atoms with Crippen LogP contribution in [0.25, 0.3) is 33.1 Å². The number of aromatic amines is 1. The highest BCUT2D eigenvalue weighted by molar-refractivity contribution is 6.04. The quantitative estimate of drug-likeness (QED) is 0.102. The summed E-state index contributed by atoms with van der Waals surface area (Å²) >= 11 is 0. The topological polar surface area (TPSA) is 155 Å². The van der Waals surface area contributed by atoms with E-state index in [4.69, 9.17) is 14.5 Å². The average Bonchev–Trinajstić information content (AvgIpc) is 3.57. The van der Waals surface area contributed by atoms with E-state index in [0.717, 1.165) is 103 Å². The standard InChI is InChI=1S/C40H48N8O4/c1-40(2,3)52-39(50)48-30-9-7-29(8-10-30)47-36-32-17-27(6-11-34(32)43-24-35(36)42-20-25-12-15-51-16-13-25)33-23-45-37-31(33)18-28(22-44-37)38(49)46-21-26-5-4-14-41-19-26/h4-6,11,14,17-19,22-25,29-30,42H,7-10,12-13,15-16,20-21H2,1-3H3,(H,43,47)(H,44,45)(H,46,49)(H,48,50). The van der Waals surface area contributed by atoms with Gasteiger partial charge in [0.05, 0.1) is 28.7 Å². The van der Waals surface area contributed by atoms with Gasteiger partial charge in [0.25, 0.3) is 5.91 Å². The van der Waals surface area contributed by atoms with Crippen molar-refractivity contribution in [2.24, 2.45) is 5.92 Å². The van der Waals surface area contributed by atoms with Crippen molar-refractivity contribution < 1.29 is 19.1 Å². The number of anilines is 2. The molecule has 1 saturated heterocycles. The molecule has 2 amide bonds. The van der Waals surface area contributed by atoms with Crippen molar-refractivity contribution in [2.45, 2.75) is 83.5 Å². The fourth-order valence-electron chi connectivity index (χ4n) is 7.07. The maximum Gasteiger partial charge on any atom is 0.407 e. The Labute approximate surface area is 303 Å². The molecule has 0 spiro atoms. The van der Waals surface area contributed by atoms with E-state index in [1.54, 1.807) is 18.6 Å². The van der Waals surface area contributed by atoms with Gasteiger partial charge in [0.1, 0.15) is 11.2 Å². The Morgan fingerprint density at radius 3 is 2.52 bits per heavy atom. The molecule has 1 saturated carbocycles. The van der Waals surface area contributed by atoms with Gasteiger partial charge in [-0.2, -0.15) is 0 Å². The van der Waals surface area contributed by atoms with Crippen molar-refractivity contribution >= 4 is 45.3 Å². The molecule has 12 nitrogen and oxygen atoms in total. The predicted octanol–water partition coefficient (Wildman–Crippen LogP) is 7.19. The number of hydrogen-bond donors (Lipinski definition) is 5. The van der Waals surface area contributed by atoms with Gasteiger partial charge in [0.15, 0.2) is 0 Å². The minimum Gasteiger partial charge on any atom is -0.444 e. The molecule has 7 rings (SSSR count). The molecule has 2 aliphatic rings. The Morgan fingerprint density at radius 2 is 1.75 bits per heavy atom. The second-order valence-electron chi connectivity index (χ2n) is 14.9. The van der Waals surface area contributed by atoms with Crippen molar-refractivity contribution in [3.05, 3.63) is 78.5 Å². The molecule has 5 N–H and O–H groups in total. The van der Waals surface area contributed by atoms with Gasteiger partial charge in [0.2, 0.25) is 0 Å². The van der Waals surface area contributed by atoms with Crippen LogP contribution in [-0.2, 0) is 16.0 Å². The number of rotatable bonds is 10. The number of amides is 2. The van der Waals surface area contributed by atoms with Crippen LogP contribution >= 0.6 is 0 Å². The Morgan fingerprint density at radius 1 is 0.942 bits per heavy atom. The highest BCUT2D eigenvalue weighted by atomic mass is 16.6. The van der Waals surface area contributed by atoms with Crippen LogP contribution in [0.3, 0.4) is 0 Å². The van der Waals surface area contributed by atoms with Gasteiger partial charge in [-0.1, -0.05) is 12.1 Å². The van der Waals surface area contributed by atoms with E-state index >= 15 is 0 Å². The number of carbonyl (C=O) groups is 2. The van der Waals surface area contributed by atoms with Crippen molar-refractivity contribution in [2.75, 3.05) is 30.4 Å². The SMILES string of the molecule is CC(C)(C)OC(=O)NC1CCC(Nc2c(NCC3CCOCC3)cnc3ccc(-c4c[nH]c5ncc(C(=O)NCc6cccnc6)cc45)cc23)CC1. The van der Waals surface area contributed by atoms with Crippen LogP contribution in [-0.4, -0.2) is 69.4 Å². The van der Waals surface area contributed by atoms with Gasteiger partial charge >= 0.3 is 6.09 Å². The van der Waals surface area contributed by atoms with Crippen LogP contribution in [0.1, 0.15) is 75.2 Å². The lowest BCUT2D eigenvalue weighted by Gasteiger charge is -2.32. The minimum atomic E-state index is -0.529. The van der Waals surface area contributed by atoms with E-state index in [-0.39, 0.29) is 24.1 Å². The van der Waals surface area contributed by atoms with E-state index in [1.807, 2.05) is 51.4 Å². The number of nitrogens with one attached hydrogen (secondary N) is 5. The van der Waals surface area contributed by atoms with Crippen LogP contribution in [0.15, 0.2) is 67.4 Å². The number of carbonyl (C=O) groups excluding carboxylic acids is 2. The molecule has 0 unspecified atom stereocenters. The number of benzene rings is 1. The fourth-order valence-corrected chi connectivity index (χ4v) is 7.07. The molecular formula is C40H48N8O4. The number of alkyl carbamates (subject to hydrolysis) is 1. The number of pyridine rings is 3. The Bertz CT molecular complexity index is 2010. The van der Waals surface area contributed by atoms with Crippen molar-refractivity contribution in [3.8, 4) is 11.1 Å². The van der Waals surface area contributed by atoms with Crippen molar-refractivity contribution in [1.82, 2.24) is 30.6 Å². The number of aromatic nitrogens is 4. The molecule has 1 aromatic carbocycles. The van der Waals surface area contributed by atoms with E-state index in [2.05, 4.69) is 54.4 Å². The van der Waals surface area contributed by atoms with E-state index in [9.17, 15) is 9.59 Å². The third-order valence-corrected chi connectivity index (χ3v) is 9.87. The number of nitrogens with zero attached hydrogens (tertiary/aromatic N) is 3. The number of ether oxygens (including phenoxy) is 2. The smallest absolute Gasteiger partial charge is 0.407 e. The lowest BCUT2D eigenvalue weighted by Crippen LogP contribution is -2.42. The van der Waals surface area contributed by atoms with E-state index in [0.29, 0.717) is 23.7 Å². The summed E-state index contributed by atoms with van der Waals surface area (Å²) in [4.78, 5) is 42.5. The molecule has 0 atom stereocenters. The molecule has 52 heavy (non-hydrogen) atoms. The summed E-state index contributed by atoms with van der Waals surface area (Å²) in [6.45, 7) is 8.45. The third-order valence-electron chi connectivity index (χ3n) is 9.87. The summed E-state index contributed by atoms with van der Waals surface area (Å²) in [6, 6.07) is 12.3. The molecule has 1 aliphatic carbocycles. The second kappa shape index (κ2) is 15.6. The molecule has 2 fully saturated rings. The summed E-state index contributed by atoms with van der Waals surface area (Å²) in [5.74, 6) is 0.336. The fraction of sp³-hybridized carbons (Fsp3) is 0.425. The third kappa shape index (κ3) is 8.62. The predicted molar refractivity (Wildman–Crippen MR) is 203 cm³/mol. The molecule has 4 aromatic heterocycles. The first-order valence-electron chi connectivity index (χ1n) is 18.3. The van der Waals surface area contributed by atoms with Gasteiger partial charge in [-0.25, -0.2) is 9.78 Å². The zero-order valence-corrected chi connectivity index (χ0v) is 30.1. The monoisotopic (exact) mass is 704 g/mol. The van der Waals surface area contributed by atoms with Crippen molar-refractivity contribution in [1.29, 1.82) is 0 Å². The molecule has 272 valence electrons. The highest BCUT2D eigenvalue weighted by Crippen LogP contribution is 2.37. The zero-order chi connectivity index (χ0) is 36.1. The number of fused-ring (bicyclic) bond motifs is 2. The molecule has 1 aliphatic heterocycles. The first kappa shape index (κ1) is 35.2. The summed E-state index contributed by atoms with van der Waals surface area (Å²) in [5.41, 5.74) is 6.41. The lowest BCUT2D eigenvalue weighted by atomic mass is 9.90. The van der Waals surface area contributed by atoms with Gasteiger partial charge in [-0.05, 0) is 101 Å². The van der Waals surface area contributed by atoms with Gasteiger partial charge in [0, 0.05) is 79.5 Å². The highest BCUT2D eigenvalue weighted by Gasteiger charge is 2.26. The largest absolute Gasteiger partial charge is 0.444 e. The van der Waals surface area contributed by atoms with Gasteiger partial charge in [-0.3, -0.25) is 14.8 Å². The molecule has 5 aromatic rings. The number of H-pyrrole nitrogens is 1. The van der Waals surface area contributed by atoms with Crippen LogP contribution in [0.4, 0.5) is 16.2 Å². The van der Waals surface area contributed by atoms with Crippen LogP contribution in [0, 0.1) is 5.92 Å². The molecule has 0 bridgehead atoms.